The second kappa shape index (κ2) is 8.52. The first-order valence-corrected chi connectivity index (χ1v) is 8.80. The van der Waals surface area contributed by atoms with Crippen molar-refractivity contribution in [1.82, 2.24) is 9.97 Å². The third-order valence-corrected chi connectivity index (χ3v) is 4.43. The molecule has 2 aromatic rings. The van der Waals surface area contributed by atoms with E-state index in [1.54, 1.807) is 7.11 Å². The van der Waals surface area contributed by atoms with Crippen molar-refractivity contribution in [1.29, 1.82) is 0 Å². The highest BCUT2D eigenvalue weighted by atomic mass is 16.5. The SMILES string of the molecule is COc1ccc(CCNc2nccc(N3CCCCCC3)n2)cc1. The Bertz CT molecular complexity index is 622. The maximum absolute atomic E-state index is 5.18. The number of rotatable bonds is 6. The van der Waals surface area contributed by atoms with Crippen LogP contribution in [-0.2, 0) is 6.42 Å². The number of anilines is 2. The molecular formula is C19H26N4O. The molecule has 0 saturated carbocycles. The van der Waals surface area contributed by atoms with E-state index in [-0.39, 0.29) is 0 Å². The number of benzene rings is 1. The van der Waals surface area contributed by atoms with Crippen molar-refractivity contribution in [2.75, 3.05) is 37.0 Å². The molecule has 1 aromatic carbocycles. The van der Waals surface area contributed by atoms with Crippen molar-refractivity contribution in [3.8, 4) is 5.75 Å². The quantitative estimate of drug-likeness (QED) is 0.880. The largest absolute Gasteiger partial charge is 0.497 e. The Morgan fingerprint density at radius 3 is 2.50 bits per heavy atom. The van der Waals surface area contributed by atoms with Crippen molar-refractivity contribution in [3.05, 3.63) is 42.1 Å². The third kappa shape index (κ3) is 4.60. The van der Waals surface area contributed by atoms with Crippen LogP contribution in [0.1, 0.15) is 31.2 Å². The van der Waals surface area contributed by atoms with Gasteiger partial charge < -0.3 is 15.0 Å². The molecule has 1 aliphatic rings. The highest BCUT2D eigenvalue weighted by Crippen LogP contribution is 2.18. The summed E-state index contributed by atoms with van der Waals surface area (Å²) in [6.07, 6.45) is 7.95. The second-order valence-corrected chi connectivity index (χ2v) is 6.16. The van der Waals surface area contributed by atoms with E-state index in [1.165, 1.54) is 31.2 Å². The van der Waals surface area contributed by atoms with E-state index >= 15 is 0 Å². The van der Waals surface area contributed by atoms with Crippen molar-refractivity contribution >= 4 is 11.8 Å². The van der Waals surface area contributed by atoms with Crippen LogP contribution in [0.5, 0.6) is 5.75 Å². The summed E-state index contributed by atoms with van der Waals surface area (Å²) in [7, 11) is 1.69. The standard InChI is InChI=1S/C19H26N4O/c1-24-17-8-6-16(7-9-17)10-12-20-19-21-13-11-18(22-19)23-14-4-2-3-5-15-23/h6-9,11,13H,2-5,10,12,14-15H2,1H3,(H,20,21,22). The molecule has 0 unspecified atom stereocenters. The van der Waals surface area contributed by atoms with E-state index in [4.69, 9.17) is 4.74 Å². The van der Waals surface area contributed by atoms with Gasteiger partial charge in [0.15, 0.2) is 0 Å². The lowest BCUT2D eigenvalue weighted by atomic mass is 10.1. The number of hydrogen-bond acceptors (Lipinski definition) is 5. The average Bonchev–Trinajstić information content (AvgIpc) is 2.92. The summed E-state index contributed by atoms with van der Waals surface area (Å²) in [5, 5.41) is 3.34. The van der Waals surface area contributed by atoms with E-state index in [2.05, 4.69) is 32.3 Å². The molecule has 1 fully saturated rings. The summed E-state index contributed by atoms with van der Waals surface area (Å²) in [6.45, 7) is 3.01. The van der Waals surface area contributed by atoms with Crippen molar-refractivity contribution in [2.24, 2.45) is 0 Å². The molecule has 1 saturated heterocycles. The molecule has 0 bridgehead atoms. The zero-order chi connectivity index (χ0) is 16.6. The molecule has 24 heavy (non-hydrogen) atoms. The van der Waals surface area contributed by atoms with E-state index in [0.29, 0.717) is 5.95 Å². The molecule has 2 heterocycles. The van der Waals surface area contributed by atoms with Gasteiger partial charge in [0.25, 0.3) is 0 Å². The molecule has 5 heteroatoms. The van der Waals surface area contributed by atoms with Gasteiger partial charge in [-0.05, 0) is 43.0 Å². The fourth-order valence-electron chi connectivity index (χ4n) is 3.02. The zero-order valence-corrected chi connectivity index (χ0v) is 14.4. The van der Waals surface area contributed by atoms with Crippen LogP contribution in [0.3, 0.4) is 0 Å². The lowest BCUT2D eigenvalue weighted by Gasteiger charge is -2.21. The van der Waals surface area contributed by atoms with Gasteiger partial charge in [0.2, 0.25) is 5.95 Å². The molecule has 1 aromatic heterocycles. The summed E-state index contributed by atoms with van der Waals surface area (Å²) >= 11 is 0. The molecular weight excluding hydrogens is 300 g/mol. The van der Waals surface area contributed by atoms with Crippen LogP contribution >= 0.6 is 0 Å². The topological polar surface area (TPSA) is 50.3 Å². The van der Waals surface area contributed by atoms with E-state index < -0.39 is 0 Å². The number of hydrogen-bond donors (Lipinski definition) is 1. The van der Waals surface area contributed by atoms with Gasteiger partial charge in [-0.15, -0.1) is 0 Å². The van der Waals surface area contributed by atoms with Crippen LogP contribution in [0.15, 0.2) is 36.5 Å². The zero-order valence-electron chi connectivity index (χ0n) is 14.4. The van der Waals surface area contributed by atoms with Gasteiger partial charge in [-0.3, -0.25) is 0 Å². The normalized spacial score (nSPS) is 15.0. The maximum Gasteiger partial charge on any atom is 0.224 e. The highest BCUT2D eigenvalue weighted by Gasteiger charge is 2.11. The van der Waals surface area contributed by atoms with E-state index in [1.807, 2.05) is 24.4 Å². The van der Waals surface area contributed by atoms with Crippen LogP contribution < -0.4 is 15.0 Å². The summed E-state index contributed by atoms with van der Waals surface area (Å²) in [5.74, 6) is 2.64. The first-order chi connectivity index (χ1) is 11.8. The molecule has 0 amide bonds. The fraction of sp³-hybridized carbons (Fsp3) is 0.474. The predicted molar refractivity (Wildman–Crippen MR) is 97.9 cm³/mol. The Labute approximate surface area is 144 Å². The van der Waals surface area contributed by atoms with Gasteiger partial charge in [0.05, 0.1) is 7.11 Å². The van der Waals surface area contributed by atoms with Gasteiger partial charge in [0, 0.05) is 25.8 Å². The number of aromatic nitrogens is 2. The van der Waals surface area contributed by atoms with Crippen molar-refractivity contribution in [3.63, 3.8) is 0 Å². The van der Waals surface area contributed by atoms with Gasteiger partial charge in [-0.1, -0.05) is 25.0 Å². The number of nitrogens with one attached hydrogen (secondary N) is 1. The van der Waals surface area contributed by atoms with Crippen LogP contribution in [0.2, 0.25) is 0 Å². The average molecular weight is 326 g/mol. The predicted octanol–water partition coefficient (Wildman–Crippen LogP) is 3.52. The van der Waals surface area contributed by atoms with Gasteiger partial charge in [-0.25, -0.2) is 4.98 Å². The molecule has 3 rings (SSSR count). The third-order valence-electron chi connectivity index (χ3n) is 4.43. The molecule has 128 valence electrons. The first kappa shape index (κ1) is 16.6. The lowest BCUT2D eigenvalue weighted by Crippen LogP contribution is -2.25. The van der Waals surface area contributed by atoms with Crippen molar-refractivity contribution < 1.29 is 4.74 Å². The van der Waals surface area contributed by atoms with Gasteiger partial charge >= 0.3 is 0 Å². The van der Waals surface area contributed by atoms with E-state index in [9.17, 15) is 0 Å². The monoisotopic (exact) mass is 326 g/mol. The van der Waals surface area contributed by atoms with Crippen LogP contribution in [0.25, 0.3) is 0 Å². The Kier molecular flexibility index (Phi) is 5.88. The summed E-state index contributed by atoms with van der Waals surface area (Å²) < 4.78 is 5.18. The Morgan fingerprint density at radius 2 is 1.79 bits per heavy atom. The summed E-state index contributed by atoms with van der Waals surface area (Å²) in [4.78, 5) is 11.4. The second-order valence-electron chi connectivity index (χ2n) is 6.16. The molecule has 1 N–H and O–H groups in total. The van der Waals surface area contributed by atoms with Gasteiger partial charge in [0.1, 0.15) is 11.6 Å². The van der Waals surface area contributed by atoms with Gasteiger partial charge in [-0.2, -0.15) is 4.98 Å². The summed E-state index contributed by atoms with van der Waals surface area (Å²) in [6, 6.07) is 10.2. The smallest absolute Gasteiger partial charge is 0.224 e. The summed E-state index contributed by atoms with van der Waals surface area (Å²) in [5.41, 5.74) is 1.27. The van der Waals surface area contributed by atoms with Crippen LogP contribution in [0.4, 0.5) is 11.8 Å². The molecule has 0 aliphatic carbocycles. The molecule has 5 nitrogen and oxygen atoms in total. The minimum absolute atomic E-state index is 0.713. The first-order valence-electron chi connectivity index (χ1n) is 8.80. The Hall–Kier alpha value is -2.30. The maximum atomic E-state index is 5.18. The minimum Gasteiger partial charge on any atom is -0.497 e. The van der Waals surface area contributed by atoms with E-state index in [0.717, 1.165) is 37.6 Å². The molecule has 0 atom stereocenters. The Morgan fingerprint density at radius 1 is 1.04 bits per heavy atom. The van der Waals surface area contributed by atoms with Crippen molar-refractivity contribution in [2.45, 2.75) is 32.1 Å². The van der Waals surface area contributed by atoms with Crippen LogP contribution in [-0.4, -0.2) is 36.7 Å². The molecule has 1 aliphatic heterocycles. The number of nitrogens with zero attached hydrogens (tertiary/aromatic N) is 3. The molecule has 0 radical (unpaired) electrons. The fourth-order valence-corrected chi connectivity index (χ4v) is 3.02. The number of ether oxygens (including phenoxy) is 1. The molecule has 0 spiro atoms. The minimum atomic E-state index is 0.713. The Balaban J connectivity index is 1.54. The lowest BCUT2D eigenvalue weighted by molar-refractivity contribution is 0.414. The van der Waals surface area contributed by atoms with Crippen LogP contribution in [0, 0.1) is 0 Å². The highest BCUT2D eigenvalue weighted by molar-refractivity contribution is 5.42. The number of methoxy groups -OCH3 is 1.